The van der Waals surface area contributed by atoms with Crippen LogP contribution in [-0.4, -0.2) is 25.1 Å². The van der Waals surface area contributed by atoms with Gasteiger partial charge >= 0.3 is 5.69 Å². The molecule has 34 heavy (non-hydrogen) atoms. The molecule has 9 heteroatoms. The Morgan fingerprint density at radius 2 is 1.79 bits per heavy atom. The van der Waals surface area contributed by atoms with E-state index in [4.69, 9.17) is 10.00 Å². The highest BCUT2D eigenvalue weighted by Gasteiger charge is 2.19. The number of fused-ring (bicyclic) bond motifs is 3. The van der Waals surface area contributed by atoms with Crippen LogP contribution in [0.25, 0.3) is 16.7 Å². The summed E-state index contributed by atoms with van der Waals surface area (Å²) < 4.78 is 8.44. The van der Waals surface area contributed by atoms with Crippen LogP contribution in [0.5, 0.6) is 11.6 Å². The molecular weight excluding hydrogens is 432 g/mol. The molecule has 0 aliphatic rings. The number of carbonyl (C=O) groups excluding carboxylic acids is 1. The fourth-order valence-corrected chi connectivity index (χ4v) is 3.52. The molecule has 0 spiro atoms. The second kappa shape index (κ2) is 8.52. The average molecular weight is 450 g/mol. The highest BCUT2D eigenvalue weighted by atomic mass is 16.5. The Morgan fingerprint density at radius 3 is 2.53 bits per heavy atom. The lowest BCUT2D eigenvalue weighted by Gasteiger charge is -2.07. The molecule has 2 aromatic heterocycles. The minimum atomic E-state index is -0.489. The molecule has 3 aromatic carbocycles. The predicted molar refractivity (Wildman–Crippen MR) is 126 cm³/mol. The van der Waals surface area contributed by atoms with Gasteiger partial charge in [0.25, 0.3) is 5.88 Å². The summed E-state index contributed by atoms with van der Waals surface area (Å²) in [5, 5.41) is 16.0. The minimum Gasteiger partial charge on any atom is -0.436 e. The molecule has 0 aliphatic heterocycles. The Kier molecular flexibility index (Phi) is 5.24. The number of para-hydroxylation sites is 2. The van der Waals surface area contributed by atoms with Gasteiger partial charge < -0.3 is 10.1 Å². The van der Waals surface area contributed by atoms with Crippen LogP contribution < -0.4 is 15.7 Å². The Morgan fingerprint density at radius 1 is 1.06 bits per heavy atom. The van der Waals surface area contributed by atoms with E-state index in [9.17, 15) is 9.59 Å². The van der Waals surface area contributed by atoms with Crippen molar-refractivity contribution in [2.75, 3.05) is 5.32 Å². The van der Waals surface area contributed by atoms with Gasteiger partial charge in [-0.05, 0) is 55.5 Å². The molecule has 5 rings (SSSR count). The van der Waals surface area contributed by atoms with Crippen LogP contribution in [-0.2, 0) is 11.3 Å². The number of nitrogens with one attached hydrogen (secondary N) is 1. The van der Waals surface area contributed by atoms with Crippen molar-refractivity contribution in [1.82, 2.24) is 19.2 Å². The molecule has 9 nitrogen and oxygen atoms in total. The highest BCUT2D eigenvalue weighted by molar-refractivity contribution is 5.90. The number of hydrogen-bond donors (Lipinski definition) is 1. The molecule has 0 fully saturated rings. The summed E-state index contributed by atoms with van der Waals surface area (Å²) in [5.41, 5.74) is 2.90. The third kappa shape index (κ3) is 3.96. The van der Waals surface area contributed by atoms with E-state index in [0.717, 1.165) is 10.2 Å². The molecule has 0 saturated carbocycles. The van der Waals surface area contributed by atoms with Crippen molar-refractivity contribution in [2.45, 2.75) is 13.5 Å². The van der Waals surface area contributed by atoms with Gasteiger partial charge in [0.05, 0.1) is 22.7 Å². The molecule has 2 heterocycles. The van der Waals surface area contributed by atoms with E-state index in [2.05, 4.69) is 15.4 Å². The second-order valence-electron chi connectivity index (χ2n) is 7.66. The molecule has 1 N–H and O–H groups in total. The van der Waals surface area contributed by atoms with Crippen LogP contribution in [0, 0.1) is 18.3 Å². The van der Waals surface area contributed by atoms with Gasteiger partial charge in [-0.25, -0.2) is 18.9 Å². The number of hydrogen-bond acceptors (Lipinski definition) is 6. The topological polar surface area (TPSA) is 114 Å². The zero-order chi connectivity index (χ0) is 23.7. The van der Waals surface area contributed by atoms with E-state index in [0.29, 0.717) is 28.0 Å². The van der Waals surface area contributed by atoms with E-state index < -0.39 is 11.6 Å². The molecular formula is C25H18N6O3. The summed E-state index contributed by atoms with van der Waals surface area (Å²) in [6.07, 6.45) is 0. The average Bonchev–Trinajstić information content (AvgIpc) is 3.17. The number of aromatic nitrogens is 4. The Bertz CT molecular complexity index is 1630. The molecule has 0 bridgehead atoms. The Balaban J connectivity index is 1.53. The predicted octanol–water partition coefficient (Wildman–Crippen LogP) is 3.66. The maximum absolute atomic E-state index is 13.2. The number of nitrogens with zero attached hydrogens (tertiary/aromatic N) is 5. The highest BCUT2D eigenvalue weighted by Crippen LogP contribution is 2.26. The molecule has 0 unspecified atom stereocenters. The maximum Gasteiger partial charge on any atom is 0.351 e. The first kappa shape index (κ1) is 20.9. The number of nitriles is 1. The normalized spacial score (nSPS) is 10.8. The van der Waals surface area contributed by atoms with Gasteiger partial charge in [0.2, 0.25) is 11.6 Å². The van der Waals surface area contributed by atoms with E-state index >= 15 is 0 Å². The van der Waals surface area contributed by atoms with Gasteiger partial charge in [-0.15, -0.1) is 5.10 Å². The fourth-order valence-electron chi connectivity index (χ4n) is 3.52. The summed E-state index contributed by atoms with van der Waals surface area (Å²) in [6.45, 7) is 1.67. The van der Waals surface area contributed by atoms with Crippen LogP contribution in [0.1, 0.15) is 11.1 Å². The van der Waals surface area contributed by atoms with E-state index in [1.165, 1.54) is 4.40 Å². The first-order valence-electron chi connectivity index (χ1n) is 10.4. The lowest BCUT2D eigenvalue weighted by molar-refractivity contribution is -0.117. The summed E-state index contributed by atoms with van der Waals surface area (Å²) in [6, 6.07) is 23.0. The van der Waals surface area contributed by atoms with Crippen molar-refractivity contribution < 1.29 is 9.53 Å². The van der Waals surface area contributed by atoms with E-state index in [-0.39, 0.29) is 18.1 Å². The van der Waals surface area contributed by atoms with Gasteiger partial charge in [-0.1, -0.05) is 29.8 Å². The molecule has 5 aromatic rings. The minimum absolute atomic E-state index is 0.158. The number of aryl methyl sites for hydroxylation is 1. The molecule has 0 radical (unpaired) electrons. The molecule has 166 valence electrons. The lowest BCUT2D eigenvalue weighted by atomic mass is 10.2. The number of anilines is 1. The second-order valence-corrected chi connectivity index (χ2v) is 7.66. The number of benzene rings is 3. The quantitative estimate of drug-likeness (QED) is 0.437. The summed E-state index contributed by atoms with van der Waals surface area (Å²) >= 11 is 0. The monoisotopic (exact) mass is 450 g/mol. The summed E-state index contributed by atoms with van der Waals surface area (Å²) in [7, 11) is 0. The van der Waals surface area contributed by atoms with Crippen molar-refractivity contribution in [3.8, 4) is 17.7 Å². The van der Waals surface area contributed by atoms with Crippen molar-refractivity contribution in [3.63, 3.8) is 0 Å². The van der Waals surface area contributed by atoms with E-state index in [1.54, 1.807) is 42.5 Å². The Hall–Kier alpha value is -4.97. The van der Waals surface area contributed by atoms with Crippen molar-refractivity contribution in [3.05, 3.63) is 94.4 Å². The number of rotatable bonds is 5. The fraction of sp³-hybridized carbons (Fsp3) is 0.0800. The third-order valence-corrected chi connectivity index (χ3v) is 5.20. The molecule has 0 saturated heterocycles. The van der Waals surface area contributed by atoms with Crippen LogP contribution in [0.3, 0.4) is 0 Å². The maximum atomic E-state index is 13.2. The van der Waals surface area contributed by atoms with Gasteiger partial charge in [-0.2, -0.15) is 5.26 Å². The lowest BCUT2D eigenvalue weighted by Crippen LogP contribution is -2.28. The zero-order valence-corrected chi connectivity index (χ0v) is 18.1. The standard InChI is InChI=1S/C25H18N6O3/c1-16-6-12-19(13-7-16)34-24-23-29-30(15-22(32)27-18-10-8-17(14-26)9-11-18)25(33)31(23)21-5-3-2-4-20(21)28-24/h2-13H,15H2,1H3,(H,27,32). The van der Waals surface area contributed by atoms with E-state index in [1.807, 2.05) is 43.3 Å². The van der Waals surface area contributed by atoms with Crippen molar-refractivity contribution in [1.29, 1.82) is 5.26 Å². The van der Waals surface area contributed by atoms with Gasteiger partial charge in [0.15, 0.2) is 0 Å². The SMILES string of the molecule is Cc1ccc(Oc2nc3ccccc3n3c(=O)n(CC(=O)Nc4ccc(C#N)cc4)nc23)cc1. The zero-order valence-electron chi connectivity index (χ0n) is 18.1. The van der Waals surface area contributed by atoms with Crippen LogP contribution in [0.2, 0.25) is 0 Å². The van der Waals surface area contributed by atoms with Gasteiger partial charge in [-0.3, -0.25) is 4.79 Å². The van der Waals surface area contributed by atoms with Crippen LogP contribution in [0.15, 0.2) is 77.6 Å². The number of ether oxygens (including phenoxy) is 1. The summed E-state index contributed by atoms with van der Waals surface area (Å²) in [4.78, 5) is 30.4. The molecule has 1 amide bonds. The molecule has 0 atom stereocenters. The van der Waals surface area contributed by atoms with Gasteiger partial charge in [0.1, 0.15) is 12.3 Å². The summed E-state index contributed by atoms with van der Waals surface area (Å²) in [5.74, 6) is 0.273. The molecule has 0 aliphatic carbocycles. The third-order valence-electron chi connectivity index (χ3n) is 5.20. The largest absolute Gasteiger partial charge is 0.436 e. The number of amides is 1. The van der Waals surface area contributed by atoms with Gasteiger partial charge in [0, 0.05) is 5.69 Å². The first-order chi connectivity index (χ1) is 16.5. The number of carbonyl (C=O) groups is 1. The van der Waals surface area contributed by atoms with Crippen molar-refractivity contribution in [2.24, 2.45) is 0 Å². The van der Waals surface area contributed by atoms with Crippen LogP contribution >= 0.6 is 0 Å². The Labute approximate surface area is 193 Å². The smallest absolute Gasteiger partial charge is 0.351 e. The van der Waals surface area contributed by atoms with Crippen LogP contribution in [0.4, 0.5) is 5.69 Å². The van der Waals surface area contributed by atoms with Crippen molar-refractivity contribution >= 4 is 28.3 Å². The first-order valence-corrected chi connectivity index (χ1v) is 10.4.